The van der Waals surface area contributed by atoms with Crippen LogP contribution in [0.25, 0.3) is 0 Å². The fraction of sp³-hybridized carbons (Fsp3) is 0.583. The average Bonchev–Trinajstić information content (AvgIpc) is 2.52. The molecule has 1 aromatic heterocycles. The molecule has 0 amide bonds. The summed E-state index contributed by atoms with van der Waals surface area (Å²) in [5, 5.41) is 7.85. The van der Waals surface area contributed by atoms with Crippen molar-refractivity contribution in [2.45, 2.75) is 32.7 Å². The third kappa shape index (κ3) is 3.20. The smallest absolute Gasteiger partial charge is 0.0597 e. The molecule has 1 N–H and O–H groups in total. The molecule has 3 heteroatoms. The van der Waals surface area contributed by atoms with Gasteiger partial charge in [0.1, 0.15) is 0 Å². The van der Waals surface area contributed by atoms with Crippen LogP contribution in [0.15, 0.2) is 18.7 Å². The Balaban J connectivity index is 2.77. The number of aromatic nitrogens is 2. The molecule has 0 aromatic carbocycles. The number of nitrogens with one attached hydrogen (secondary N) is 1. The van der Waals surface area contributed by atoms with E-state index < -0.39 is 0 Å². The fourth-order valence-electron chi connectivity index (χ4n) is 1.84. The van der Waals surface area contributed by atoms with E-state index in [1.807, 2.05) is 24.7 Å². The quantitative estimate of drug-likeness (QED) is 0.726. The van der Waals surface area contributed by atoms with Crippen molar-refractivity contribution in [3.63, 3.8) is 0 Å². The first-order chi connectivity index (χ1) is 7.19. The monoisotopic (exact) mass is 207 g/mol. The average molecular weight is 207 g/mol. The summed E-state index contributed by atoms with van der Waals surface area (Å²) in [5.41, 5.74) is 2.34. The minimum absolute atomic E-state index is 0.388. The van der Waals surface area contributed by atoms with Gasteiger partial charge < -0.3 is 5.32 Å². The highest BCUT2D eigenvalue weighted by Gasteiger charge is 2.13. The zero-order valence-electron chi connectivity index (χ0n) is 9.95. The third-order valence-electron chi connectivity index (χ3n) is 2.51. The summed E-state index contributed by atoms with van der Waals surface area (Å²) in [6.45, 7) is 8.90. The van der Waals surface area contributed by atoms with E-state index in [9.17, 15) is 0 Å². The first-order valence-corrected chi connectivity index (χ1v) is 5.53. The van der Waals surface area contributed by atoms with Crippen LogP contribution in [-0.4, -0.2) is 16.3 Å². The van der Waals surface area contributed by atoms with Gasteiger partial charge in [-0.1, -0.05) is 13.0 Å². The molecule has 0 saturated heterocycles. The molecule has 3 nitrogen and oxygen atoms in total. The molecule has 1 heterocycles. The van der Waals surface area contributed by atoms with Gasteiger partial charge in [0.05, 0.1) is 11.4 Å². The minimum atomic E-state index is 0.388. The van der Waals surface area contributed by atoms with Crippen LogP contribution in [0.1, 0.15) is 37.2 Å². The Morgan fingerprint density at radius 1 is 1.67 bits per heavy atom. The SMILES string of the molecule is C=CCCC(NCC)c1cc(C)nn1C. The fourth-order valence-corrected chi connectivity index (χ4v) is 1.84. The molecule has 84 valence electrons. The topological polar surface area (TPSA) is 29.9 Å². The maximum absolute atomic E-state index is 4.37. The summed E-state index contributed by atoms with van der Waals surface area (Å²) < 4.78 is 1.96. The van der Waals surface area contributed by atoms with Crippen LogP contribution in [0.2, 0.25) is 0 Å². The van der Waals surface area contributed by atoms with Crippen molar-refractivity contribution < 1.29 is 0 Å². The van der Waals surface area contributed by atoms with Gasteiger partial charge >= 0.3 is 0 Å². The summed E-state index contributed by atoms with van der Waals surface area (Å²) in [4.78, 5) is 0. The van der Waals surface area contributed by atoms with Crippen molar-refractivity contribution in [3.05, 3.63) is 30.1 Å². The van der Waals surface area contributed by atoms with Crippen molar-refractivity contribution in [2.24, 2.45) is 7.05 Å². The van der Waals surface area contributed by atoms with Crippen LogP contribution in [0.3, 0.4) is 0 Å². The molecule has 0 bridgehead atoms. The Morgan fingerprint density at radius 3 is 2.87 bits per heavy atom. The van der Waals surface area contributed by atoms with Crippen molar-refractivity contribution >= 4 is 0 Å². The number of allylic oxidation sites excluding steroid dienone is 1. The summed E-state index contributed by atoms with van der Waals surface area (Å²) in [6.07, 6.45) is 4.08. The van der Waals surface area contributed by atoms with Crippen LogP contribution in [-0.2, 0) is 7.05 Å². The maximum Gasteiger partial charge on any atom is 0.0597 e. The van der Waals surface area contributed by atoms with Crippen LogP contribution in [0.5, 0.6) is 0 Å². The number of nitrogens with zero attached hydrogens (tertiary/aromatic N) is 2. The zero-order valence-corrected chi connectivity index (χ0v) is 9.95. The Labute approximate surface area is 92.2 Å². The van der Waals surface area contributed by atoms with Gasteiger partial charge in [0.15, 0.2) is 0 Å². The number of rotatable bonds is 6. The summed E-state index contributed by atoms with van der Waals surface area (Å²) >= 11 is 0. The molecule has 1 rings (SSSR count). The van der Waals surface area contributed by atoms with Crippen LogP contribution < -0.4 is 5.32 Å². The highest BCUT2D eigenvalue weighted by atomic mass is 15.3. The molecule has 0 fully saturated rings. The van der Waals surface area contributed by atoms with Gasteiger partial charge in [-0.05, 0) is 32.4 Å². The van der Waals surface area contributed by atoms with Gasteiger partial charge in [-0.2, -0.15) is 5.10 Å². The van der Waals surface area contributed by atoms with Crippen LogP contribution in [0.4, 0.5) is 0 Å². The normalized spacial score (nSPS) is 12.7. The van der Waals surface area contributed by atoms with Crippen molar-refractivity contribution in [1.82, 2.24) is 15.1 Å². The molecular weight excluding hydrogens is 186 g/mol. The summed E-state index contributed by atoms with van der Waals surface area (Å²) in [7, 11) is 2.00. The lowest BCUT2D eigenvalue weighted by Gasteiger charge is -2.17. The third-order valence-corrected chi connectivity index (χ3v) is 2.51. The standard InChI is InChI=1S/C12H21N3/c1-5-7-8-11(13-6-2)12-9-10(3)14-15(12)4/h5,9,11,13H,1,6-8H2,2-4H3. The molecule has 0 aliphatic rings. The molecule has 1 atom stereocenters. The predicted octanol–water partition coefficient (Wildman–Crippen LogP) is 2.35. The van der Waals surface area contributed by atoms with E-state index in [2.05, 4.69) is 30.0 Å². The summed E-state index contributed by atoms with van der Waals surface area (Å²) in [6, 6.07) is 2.54. The van der Waals surface area contributed by atoms with Gasteiger partial charge in [0.25, 0.3) is 0 Å². The van der Waals surface area contributed by atoms with Crippen molar-refractivity contribution in [1.29, 1.82) is 0 Å². The molecule has 0 radical (unpaired) electrons. The van der Waals surface area contributed by atoms with E-state index >= 15 is 0 Å². The van der Waals surface area contributed by atoms with Gasteiger partial charge in [0, 0.05) is 13.1 Å². The Bertz CT molecular complexity index is 315. The minimum Gasteiger partial charge on any atom is -0.309 e. The number of hydrogen-bond acceptors (Lipinski definition) is 2. The second kappa shape index (κ2) is 5.71. The van der Waals surface area contributed by atoms with E-state index in [1.54, 1.807) is 0 Å². The van der Waals surface area contributed by atoms with Crippen molar-refractivity contribution in [2.75, 3.05) is 6.54 Å². The molecule has 0 aliphatic carbocycles. The van der Waals surface area contributed by atoms with Crippen LogP contribution in [0, 0.1) is 6.92 Å². The molecule has 1 aromatic rings. The summed E-state index contributed by atoms with van der Waals surface area (Å²) in [5.74, 6) is 0. The number of hydrogen-bond donors (Lipinski definition) is 1. The maximum atomic E-state index is 4.37. The molecule has 0 spiro atoms. The first kappa shape index (κ1) is 12.0. The highest BCUT2D eigenvalue weighted by Crippen LogP contribution is 2.18. The second-order valence-electron chi connectivity index (χ2n) is 3.81. The lowest BCUT2D eigenvalue weighted by atomic mass is 10.1. The van der Waals surface area contributed by atoms with E-state index in [0.29, 0.717) is 6.04 Å². The number of aryl methyl sites for hydroxylation is 2. The van der Waals surface area contributed by atoms with Gasteiger partial charge in [-0.15, -0.1) is 6.58 Å². The predicted molar refractivity (Wildman–Crippen MR) is 63.8 cm³/mol. The molecule has 0 aliphatic heterocycles. The lowest BCUT2D eigenvalue weighted by molar-refractivity contribution is 0.483. The second-order valence-corrected chi connectivity index (χ2v) is 3.81. The Morgan fingerprint density at radius 2 is 2.40 bits per heavy atom. The highest BCUT2D eigenvalue weighted by molar-refractivity contribution is 5.13. The molecular formula is C12H21N3. The zero-order chi connectivity index (χ0) is 11.3. The Hall–Kier alpha value is -1.09. The molecule has 1 unspecified atom stereocenters. The lowest BCUT2D eigenvalue weighted by Crippen LogP contribution is -2.23. The van der Waals surface area contributed by atoms with Crippen LogP contribution >= 0.6 is 0 Å². The van der Waals surface area contributed by atoms with Gasteiger partial charge in [-0.3, -0.25) is 4.68 Å². The van der Waals surface area contributed by atoms with E-state index in [-0.39, 0.29) is 0 Å². The van der Waals surface area contributed by atoms with Gasteiger partial charge in [-0.25, -0.2) is 0 Å². The first-order valence-electron chi connectivity index (χ1n) is 5.53. The molecule has 0 saturated carbocycles. The van der Waals surface area contributed by atoms with Crippen molar-refractivity contribution in [3.8, 4) is 0 Å². The van der Waals surface area contributed by atoms with E-state index in [0.717, 1.165) is 25.1 Å². The molecule has 15 heavy (non-hydrogen) atoms. The van der Waals surface area contributed by atoms with E-state index in [4.69, 9.17) is 0 Å². The Kier molecular flexibility index (Phi) is 4.56. The van der Waals surface area contributed by atoms with Gasteiger partial charge in [0.2, 0.25) is 0 Å². The van der Waals surface area contributed by atoms with E-state index in [1.165, 1.54) is 5.69 Å². The largest absolute Gasteiger partial charge is 0.309 e.